The zero-order chi connectivity index (χ0) is 16.7. The molecular weight excluding hydrogens is 288 g/mol. The first-order chi connectivity index (χ1) is 10.4. The molecule has 0 saturated carbocycles. The topological polar surface area (TPSA) is 82.1 Å². The van der Waals surface area contributed by atoms with Gasteiger partial charge in [0.2, 0.25) is 5.75 Å². The van der Waals surface area contributed by atoms with Gasteiger partial charge in [0.05, 0.1) is 20.8 Å². The van der Waals surface area contributed by atoms with Gasteiger partial charge >= 0.3 is 5.97 Å². The molecule has 0 aliphatic carbocycles. The summed E-state index contributed by atoms with van der Waals surface area (Å²) in [4.78, 5) is 23.5. The maximum Gasteiger partial charge on any atom is 0.341 e. The van der Waals surface area contributed by atoms with E-state index in [0.29, 0.717) is 12.0 Å². The van der Waals surface area contributed by atoms with Gasteiger partial charge in [0.25, 0.3) is 0 Å². The number of rotatable bonds is 7. The highest BCUT2D eigenvalue weighted by Crippen LogP contribution is 2.37. The molecule has 6 nitrogen and oxygen atoms in total. The number of ketones is 1. The lowest BCUT2D eigenvalue weighted by Gasteiger charge is -2.10. The van der Waals surface area contributed by atoms with Gasteiger partial charge in [-0.3, -0.25) is 4.79 Å². The molecule has 0 saturated heterocycles. The molecule has 1 aromatic carbocycles. The number of benzene rings is 1. The van der Waals surface area contributed by atoms with E-state index in [4.69, 9.17) is 14.2 Å². The number of methoxy groups -OCH3 is 2. The number of esters is 1. The summed E-state index contributed by atoms with van der Waals surface area (Å²) in [5.74, 6) is -0.890. The minimum atomic E-state index is -0.680. The molecule has 6 heteroatoms. The van der Waals surface area contributed by atoms with Crippen molar-refractivity contribution in [3.63, 3.8) is 0 Å². The second-order valence-electron chi connectivity index (χ2n) is 4.52. The number of carbonyl (C=O) groups is 2. The van der Waals surface area contributed by atoms with Crippen molar-refractivity contribution in [2.24, 2.45) is 0 Å². The average molecular weight is 308 g/mol. The Morgan fingerprint density at radius 3 is 2.14 bits per heavy atom. The zero-order valence-corrected chi connectivity index (χ0v) is 13.1. The molecule has 0 spiro atoms. The quantitative estimate of drug-likeness (QED) is 0.360. The van der Waals surface area contributed by atoms with E-state index >= 15 is 0 Å². The fourth-order valence-electron chi connectivity index (χ4n) is 1.74. The molecule has 0 amide bonds. The predicted octanol–water partition coefficient (Wildman–Crippen LogP) is 2.33. The molecule has 0 aromatic heterocycles. The van der Waals surface area contributed by atoms with Crippen LogP contribution in [0.1, 0.15) is 25.8 Å². The van der Waals surface area contributed by atoms with Gasteiger partial charge in [-0.15, -0.1) is 0 Å². The van der Waals surface area contributed by atoms with Crippen LogP contribution < -0.4 is 9.47 Å². The predicted molar refractivity (Wildman–Crippen MR) is 81.1 cm³/mol. The van der Waals surface area contributed by atoms with Gasteiger partial charge in [0, 0.05) is 0 Å². The fourth-order valence-corrected chi connectivity index (χ4v) is 1.74. The summed E-state index contributed by atoms with van der Waals surface area (Å²) < 4.78 is 15.1. The van der Waals surface area contributed by atoms with Crippen LogP contribution in [0.3, 0.4) is 0 Å². The van der Waals surface area contributed by atoms with Crippen LogP contribution in [-0.2, 0) is 14.3 Å². The number of carbonyl (C=O) groups excluding carboxylic acids is 2. The van der Waals surface area contributed by atoms with Crippen LogP contribution in [0, 0.1) is 0 Å². The number of phenolic OH excluding ortho intramolecular Hbond substituents is 1. The van der Waals surface area contributed by atoms with Crippen molar-refractivity contribution in [1.29, 1.82) is 0 Å². The molecule has 22 heavy (non-hydrogen) atoms. The number of phenols is 1. The highest BCUT2D eigenvalue weighted by atomic mass is 16.5. The highest BCUT2D eigenvalue weighted by Gasteiger charge is 2.17. The summed E-state index contributed by atoms with van der Waals surface area (Å²) in [6.45, 7) is 3.39. The number of hydrogen-bond donors (Lipinski definition) is 1. The van der Waals surface area contributed by atoms with E-state index in [2.05, 4.69) is 0 Å². The van der Waals surface area contributed by atoms with E-state index in [0.717, 1.165) is 0 Å². The molecule has 0 heterocycles. The molecule has 0 fully saturated rings. The molecule has 0 aliphatic heterocycles. The van der Waals surface area contributed by atoms with Crippen LogP contribution in [0.15, 0.2) is 17.7 Å². The van der Waals surface area contributed by atoms with Crippen LogP contribution in [0.2, 0.25) is 0 Å². The molecule has 120 valence electrons. The molecule has 0 atom stereocenters. The molecular formula is C16H20O6. The molecule has 0 radical (unpaired) electrons. The third-order valence-corrected chi connectivity index (χ3v) is 2.85. The average Bonchev–Trinajstić information content (AvgIpc) is 2.50. The van der Waals surface area contributed by atoms with Crippen molar-refractivity contribution in [2.75, 3.05) is 20.8 Å². The van der Waals surface area contributed by atoms with E-state index in [1.165, 1.54) is 39.4 Å². The number of aromatic hydroxyl groups is 1. The van der Waals surface area contributed by atoms with Gasteiger partial charge in [-0.1, -0.05) is 6.92 Å². The maximum atomic E-state index is 11.9. The van der Waals surface area contributed by atoms with Crippen LogP contribution in [0.4, 0.5) is 0 Å². The Morgan fingerprint density at radius 2 is 1.73 bits per heavy atom. The molecule has 1 aromatic rings. The van der Waals surface area contributed by atoms with Crippen molar-refractivity contribution in [3.05, 3.63) is 23.3 Å². The third-order valence-electron chi connectivity index (χ3n) is 2.85. The Kier molecular flexibility index (Phi) is 6.44. The minimum absolute atomic E-state index is 0.0803. The first-order valence-corrected chi connectivity index (χ1v) is 6.79. The summed E-state index contributed by atoms with van der Waals surface area (Å²) in [5, 5.41) is 9.85. The Hall–Kier alpha value is -2.50. The van der Waals surface area contributed by atoms with Gasteiger partial charge in [-0.25, -0.2) is 4.79 Å². The Bertz CT molecular complexity index is 563. The molecule has 1 N–H and O–H groups in total. The van der Waals surface area contributed by atoms with Crippen LogP contribution in [0.25, 0.3) is 6.08 Å². The summed E-state index contributed by atoms with van der Waals surface area (Å²) in [5.41, 5.74) is 0.397. The number of ether oxygens (including phenoxy) is 3. The first kappa shape index (κ1) is 17.6. The largest absolute Gasteiger partial charge is 0.502 e. The number of Topliss-reactive ketones (excluding diaryl/α,β-unsaturated/α-hetero) is 1. The van der Waals surface area contributed by atoms with Crippen LogP contribution in [0.5, 0.6) is 17.2 Å². The van der Waals surface area contributed by atoms with Crippen molar-refractivity contribution < 1.29 is 28.9 Å². The van der Waals surface area contributed by atoms with Crippen molar-refractivity contribution >= 4 is 17.8 Å². The normalized spacial score (nSPS) is 11.0. The smallest absolute Gasteiger partial charge is 0.341 e. The molecule has 0 unspecified atom stereocenters. The van der Waals surface area contributed by atoms with E-state index in [1.54, 1.807) is 0 Å². The van der Waals surface area contributed by atoms with Gasteiger partial charge in [0.15, 0.2) is 17.3 Å². The standard InChI is InChI=1S/C16H20O6/c1-5-6-22-16(19)12(10(2)17)7-11-8-13(20-3)15(18)14(9-11)21-4/h7-9,18H,5-6H2,1-4H3. The fraction of sp³-hybridized carbons (Fsp3) is 0.375. The highest BCUT2D eigenvalue weighted by molar-refractivity contribution is 6.19. The van der Waals surface area contributed by atoms with E-state index in [-0.39, 0.29) is 29.4 Å². The van der Waals surface area contributed by atoms with Crippen molar-refractivity contribution in [3.8, 4) is 17.2 Å². The Labute approximate surface area is 129 Å². The van der Waals surface area contributed by atoms with Crippen LogP contribution in [-0.4, -0.2) is 37.7 Å². The van der Waals surface area contributed by atoms with Crippen LogP contribution >= 0.6 is 0 Å². The summed E-state index contributed by atoms with van der Waals surface area (Å²) in [6.07, 6.45) is 2.04. The molecule has 1 rings (SSSR count). The SMILES string of the molecule is CCCOC(=O)C(=Cc1cc(OC)c(O)c(OC)c1)C(C)=O. The monoisotopic (exact) mass is 308 g/mol. The zero-order valence-electron chi connectivity index (χ0n) is 13.1. The van der Waals surface area contributed by atoms with Gasteiger partial charge in [-0.2, -0.15) is 0 Å². The number of hydrogen-bond acceptors (Lipinski definition) is 6. The summed E-state index contributed by atoms with van der Waals surface area (Å²) in [7, 11) is 2.78. The first-order valence-electron chi connectivity index (χ1n) is 6.79. The second-order valence-corrected chi connectivity index (χ2v) is 4.52. The lowest BCUT2D eigenvalue weighted by Crippen LogP contribution is -2.14. The summed E-state index contributed by atoms with van der Waals surface area (Å²) in [6, 6.07) is 2.99. The van der Waals surface area contributed by atoms with Crippen molar-refractivity contribution in [1.82, 2.24) is 0 Å². The lowest BCUT2D eigenvalue weighted by molar-refractivity contribution is -0.140. The molecule has 0 aliphatic rings. The van der Waals surface area contributed by atoms with E-state index in [9.17, 15) is 14.7 Å². The van der Waals surface area contributed by atoms with Gasteiger partial charge in [-0.05, 0) is 37.1 Å². The van der Waals surface area contributed by atoms with Gasteiger partial charge in [0.1, 0.15) is 5.57 Å². The third kappa shape index (κ3) is 4.25. The van der Waals surface area contributed by atoms with E-state index in [1.807, 2.05) is 6.92 Å². The Balaban J connectivity index is 3.26. The van der Waals surface area contributed by atoms with E-state index < -0.39 is 11.8 Å². The lowest BCUT2D eigenvalue weighted by atomic mass is 10.1. The van der Waals surface area contributed by atoms with Gasteiger partial charge < -0.3 is 19.3 Å². The maximum absolute atomic E-state index is 11.9. The minimum Gasteiger partial charge on any atom is -0.502 e. The summed E-state index contributed by atoms with van der Waals surface area (Å²) >= 11 is 0. The Morgan fingerprint density at radius 1 is 1.18 bits per heavy atom. The second kappa shape index (κ2) is 8.07. The van der Waals surface area contributed by atoms with Crippen molar-refractivity contribution in [2.45, 2.75) is 20.3 Å². The molecule has 0 bridgehead atoms.